The van der Waals surface area contributed by atoms with Crippen molar-refractivity contribution >= 4 is 23.3 Å². The Morgan fingerprint density at radius 2 is 0.822 bits per heavy atom. The monoisotopic (exact) mass is 1020 g/mol. The van der Waals surface area contributed by atoms with Gasteiger partial charge in [0.1, 0.15) is 56.4 Å². The van der Waals surface area contributed by atoms with Gasteiger partial charge < -0.3 is 44.8 Å². The number of anilines is 3. The number of carbonyl (C=O) groups excluding carboxylic acids is 1. The molecule has 6 aromatic carbocycles. The Bertz CT molecular complexity index is 2560. The number of halogens is 9. The Morgan fingerprint density at radius 3 is 1.16 bits per heavy atom. The second kappa shape index (κ2) is 24.6. The van der Waals surface area contributed by atoms with Gasteiger partial charge in [0.2, 0.25) is 0 Å². The lowest BCUT2D eigenvalue weighted by Crippen LogP contribution is -2.43. The van der Waals surface area contributed by atoms with Gasteiger partial charge in [0.05, 0.1) is 55.2 Å². The molecule has 2 fully saturated rings. The van der Waals surface area contributed by atoms with Crippen LogP contribution in [-0.4, -0.2) is 58.1 Å². The average molecular weight is 1020 g/mol. The molecule has 0 aromatic heterocycles. The van der Waals surface area contributed by atoms with E-state index in [2.05, 4.69) is 10.6 Å². The quantitative estimate of drug-likeness (QED) is 0.0897. The van der Waals surface area contributed by atoms with E-state index in [4.69, 9.17) is 34.2 Å². The minimum atomic E-state index is -4.38. The van der Waals surface area contributed by atoms with E-state index in [1.807, 2.05) is 78.9 Å². The molecular weight excluding hydrogens is 974 g/mol. The van der Waals surface area contributed by atoms with Crippen LogP contribution in [0.4, 0.5) is 56.6 Å². The maximum absolute atomic E-state index is 13.0. The number of aldehydes is 1. The summed E-state index contributed by atoms with van der Waals surface area (Å²) in [6, 6.07) is 40.0. The van der Waals surface area contributed by atoms with Gasteiger partial charge >= 0.3 is 18.5 Å². The van der Waals surface area contributed by atoms with Crippen LogP contribution in [0.15, 0.2) is 164 Å². The van der Waals surface area contributed by atoms with Crippen molar-refractivity contribution in [1.29, 1.82) is 0 Å². The number of hydrogen-bond donors (Lipinski definition) is 3. The van der Waals surface area contributed by atoms with E-state index in [1.54, 1.807) is 24.7 Å². The highest BCUT2D eigenvalue weighted by atomic mass is 19.4. The molecule has 0 amide bonds. The number of nitrogens with one attached hydrogen (secondary N) is 2. The molecule has 10 nitrogen and oxygen atoms in total. The summed E-state index contributed by atoms with van der Waals surface area (Å²) in [5, 5.41) is 6.64. The van der Waals surface area contributed by atoms with Gasteiger partial charge in [-0.15, -0.1) is 0 Å². The van der Waals surface area contributed by atoms with Gasteiger partial charge in [0.25, 0.3) is 0 Å². The Labute approximate surface area is 414 Å². The molecule has 6 atom stereocenters. The first-order chi connectivity index (χ1) is 35.0. The lowest BCUT2D eigenvalue weighted by molar-refractivity contribution is -0.152. The number of nitrogen functional groups attached to an aromatic ring is 1. The summed E-state index contributed by atoms with van der Waals surface area (Å²) in [5.74, 6) is 0. The van der Waals surface area contributed by atoms with E-state index < -0.39 is 47.4 Å². The molecular formula is C54H50F9N3O7. The Balaban J connectivity index is 0.000000147. The number of benzene rings is 6. The maximum atomic E-state index is 13.0. The lowest BCUT2D eigenvalue weighted by Gasteiger charge is -2.43. The molecule has 0 radical (unpaired) electrons. The van der Waals surface area contributed by atoms with Gasteiger partial charge in [-0.3, -0.25) is 4.79 Å². The fourth-order valence-electron chi connectivity index (χ4n) is 8.25. The van der Waals surface area contributed by atoms with Crippen LogP contribution in [-0.2, 0) is 47.0 Å². The van der Waals surface area contributed by atoms with E-state index in [0.29, 0.717) is 67.8 Å². The molecule has 0 saturated carbocycles. The number of alkyl halides is 9. The molecule has 5 aliphatic heterocycles. The first-order valence-corrected chi connectivity index (χ1v) is 22.8. The van der Waals surface area contributed by atoms with Crippen LogP contribution in [0.1, 0.15) is 73.6 Å². The summed E-state index contributed by atoms with van der Waals surface area (Å²) in [6.07, 6.45) is -10.9. The van der Waals surface area contributed by atoms with E-state index >= 15 is 0 Å². The minimum absolute atomic E-state index is 0.166. The Kier molecular flexibility index (Phi) is 18.1. The zero-order valence-electron chi connectivity index (χ0n) is 38.7. The van der Waals surface area contributed by atoms with Gasteiger partial charge in [-0.2, -0.15) is 39.5 Å². The zero-order chi connectivity index (χ0) is 52.0. The topological polar surface area (TPSA) is 123 Å². The zero-order valence-corrected chi connectivity index (χ0v) is 38.7. The molecule has 19 heteroatoms. The van der Waals surface area contributed by atoms with Gasteiger partial charge in [-0.25, -0.2) is 0 Å². The average Bonchev–Trinajstić information content (AvgIpc) is 3.41. The second-order valence-corrected chi connectivity index (χ2v) is 16.6. The summed E-state index contributed by atoms with van der Waals surface area (Å²) < 4.78 is 147. The van der Waals surface area contributed by atoms with Crippen LogP contribution in [0.25, 0.3) is 0 Å². The number of fused-ring (bicyclic) bond motifs is 6. The molecule has 0 aliphatic carbocycles. The Hall–Kier alpha value is -7.06. The van der Waals surface area contributed by atoms with Gasteiger partial charge in [-0.1, -0.05) is 91.0 Å². The highest BCUT2D eigenvalue weighted by molar-refractivity contribution is 5.74. The summed E-state index contributed by atoms with van der Waals surface area (Å²) in [6.45, 7) is 2.99. The third-order valence-electron chi connectivity index (χ3n) is 11.7. The molecule has 4 N–H and O–H groups in total. The number of ether oxygens (including phenoxy) is 6. The highest BCUT2D eigenvalue weighted by Crippen LogP contribution is 2.47. The SMILES string of the molecule is C1=COCCO1.FC(F)(F)c1ccc2c(c1)[C@H]1OCCO[C@H]1C(c1ccccc1)N2.FC(F)(F)c1ccc2c(c1)[C@H]1OCCO[C@H]1[C@@H](c1ccccc1)N2.Nc1ccc(C(F)(F)F)cc1.O=Cc1ccccc1. The van der Waals surface area contributed by atoms with Crippen molar-refractivity contribution in [2.45, 2.75) is 55.0 Å². The number of hydrogen-bond acceptors (Lipinski definition) is 10. The van der Waals surface area contributed by atoms with Crippen molar-refractivity contribution in [3.05, 3.63) is 209 Å². The van der Waals surface area contributed by atoms with Crippen molar-refractivity contribution in [3.8, 4) is 0 Å². The molecule has 5 heterocycles. The first-order valence-electron chi connectivity index (χ1n) is 22.8. The first kappa shape index (κ1) is 53.7. The third-order valence-corrected chi connectivity index (χ3v) is 11.7. The van der Waals surface area contributed by atoms with E-state index in [9.17, 15) is 44.3 Å². The molecule has 386 valence electrons. The molecule has 0 spiro atoms. The predicted octanol–water partition coefficient (Wildman–Crippen LogP) is 12.9. The van der Waals surface area contributed by atoms with Gasteiger partial charge in [0.15, 0.2) is 0 Å². The largest absolute Gasteiger partial charge is 0.494 e. The summed E-state index contributed by atoms with van der Waals surface area (Å²) in [7, 11) is 0. The van der Waals surface area contributed by atoms with Gasteiger partial charge in [0, 0.05) is 33.8 Å². The van der Waals surface area contributed by atoms with E-state index in [1.165, 1.54) is 24.3 Å². The second-order valence-electron chi connectivity index (χ2n) is 16.6. The van der Waals surface area contributed by atoms with Crippen molar-refractivity contribution in [2.75, 3.05) is 56.0 Å². The number of nitrogens with two attached hydrogens (primary N) is 1. The maximum Gasteiger partial charge on any atom is 0.416 e. The number of rotatable bonds is 3. The fraction of sp³-hybridized carbons (Fsp3) is 0.278. The normalized spacial score (nSPS) is 21.4. The molecule has 1 unspecified atom stereocenters. The molecule has 73 heavy (non-hydrogen) atoms. The van der Waals surface area contributed by atoms with Crippen molar-refractivity contribution < 1.29 is 72.7 Å². The van der Waals surface area contributed by atoms with Crippen molar-refractivity contribution in [1.82, 2.24) is 0 Å². The van der Waals surface area contributed by atoms with Crippen LogP contribution in [0.3, 0.4) is 0 Å². The Morgan fingerprint density at radius 1 is 0.452 bits per heavy atom. The highest BCUT2D eigenvalue weighted by Gasteiger charge is 2.44. The van der Waals surface area contributed by atoms with Crippen LogP contribution in [0.2, 0.25) is 0 Å². The fourth-order valence-corrected chi connectivity index (χ4v) is 8.25. The minimum Gasteiger partial charge on any atom is -0.494 e. The van der Waals surface area contributed by atoms with E-state index in [0.717, 1.165) is 59.4 Å². The van der Waals surface area contributed by atoms with Crippen LogP contribution < -0.4 is 16.4 Å². The molecule has 0 bridgehead atoms. The summed E-state index contributed by atoms with van der Waals surface area (Å²) in [4.78, 5) is 10.0. The predicted molar refractivity (Wildman–Crippen MR) is 254 cm³/mol. The van der Waals surface area contributed by atoms with E-state index in [-0.39, 0.29) is 24.3 Å². The van der Waals surface area contributed by atoms with Crippen LogP contribution in [0.5, 0.6) is 0 Å². The van der Waals surface area contributed by atoms with Crippen molar-refractivity contribution in [2.24, 2.45) is 0 Å². The number of carbonyl (C=O) groups is 1. The smallest absolute Gasteiger partial charge is 0.416 e. The summed E-state index contributed by atoms with van der Waals surface area (Å²) >= 11 is 0. The molecule has 5 aliphatic rings. The van der Waals surface area contributed by atoms with Gasteiger partial charge in [-0.05, 0) is 71.8 Å². The summed E-state index contributed by atoms with van der Waals surface area (Å²) in [5.41, 5.74) is 8.59. The lowest BCUT2D eigenvalue weighted by atomic mass is 9.87. The molecule has 11 rings (SSSR count). The standard InChI is InChI=1S/2C18H16F3NO2.C7H6F3N.C7H6O.C4H6O2/c2*19-18(20,21)12-6-7-14-13(10-12)16-17(24-9-8-23-16)15(22-14)11-4-2-1-3-5-11;8-7(9,10)5-1-3-6(11)4-2-5;8-6-7-4-2-1-3-5-7;1-2-6-4-3-5-1/h2*1-7,10,15-17,22H,8-9H2;1-4H,11H2;1-6H;1-2H,3-4H2/t15?,16-,17+;15-,16-,17+;;;/m11.../s1. The van der Waals surface area contributed by atoms with Crippen LogP contribution in [0, 0.1) is 0 Å². The molecule has 6 aromatic rings. The molecule has 2 saturated heterocycles. The van der Waals surface area contributed by atoms with Crippen LogP contribution >= 0.6 is 0 Å². The van der Waals surface area contributed by atoms with Crippen molar-refractivity contribution in [3.63, 3.8) is 0 Å². The third kappa shape index (κ3) is 14.6.